The Bertz CT molecular complexity index is 955. The number of aromatic nitrogens is 1. The van der Waals surface area contributed by atoms with Gasteiger partial charge in [-0.1, -0.05) is 43.4 Å². The number of esters is 1. The molecule has 0 fully saturated rings. The molecule has 10 heteroatoms. The van der Waals surface area contributed by atoms with Crippen LogP contribution in [0.1, 0.15) is 42.6 Å². The second-order valence-corrected chi connectivity index (χ2v) is 9.47. The first-order valence-electron chi connectivity index (χ1n) is 9.16. The van der Waals surface area contributed by atoms with Crippen molar-refractivity contribution in [1.29, 1.82) is 0 Å². The SMILES string of the molecule is CCOC(=O)c1sc(NC(=O)C(CC(C)C)NS(=O)(=O)c2ccccc2)nc1C. The number of nitrogens with zero attached hydrogens (tertiary/aromatic N) is 1. The van der Waals surface area contributed by atoms with E-state index < -0.39 is 27.9 Å². The van der Waals surface area contributed by atoms with Gasteiger partial charge in [0.1, 0.15) is 10.9 Å². The van der Waals surface area contributed by atoms with Crippen molar-refractivity contribution in [3.63, 3.8) is 0 Å². The van der Waals surface area contributed by atoms with E-state index in [4.69, 9.17) is 4.74 Å². The molecular weight excluding hydrogens is 414 g/mol. The van der Waals surface area contributed by atoms with Crippen LogP contribution in [0.2, 0.25) is 0 Å². The minimum atomic E-state index is -3.87. The number of rotatable bonds is 9. The Morgan fingerprint density at radius 1 is 1.21 bits per heavy atom. The Hall–Kier alpha value is -2.30. The highest BCUT2D eigenvalue weighted by Crippen LogP contribution is 2.24. The standard InChI is InChI=1S/C19H25N3O5S2/c1-5-27-18(24)16-13(4)20-19(28-16)21-17(23)15(11-12(2)3)22-29(25,26)14-9-7-6-8-10-14/h6-10,12,15,22H,5,11H2,1-4H3,(H,20,21,23). The van der Waals surface area contributed by atoms with Crippen LogP contribution in [0.15, 0.2) is 35.2 Å². The molecule has 2 aromatic rings. The lowest BCUT2D eigenvalue weighted by Gasteiger charge is -2.19. The van der Waals surface area contributed by atoms with E-state index in [0.717, 1.165) is 11.3 Å². The van der Waals surface area contributed by atoms with Crippen molar-refractivity contribution in [2.75, 3.05) is 11.9 Å². The van der Waals surface area contributed by atoms with Crippen molar-refractivity contribution < 1.29 is 22.7 Å². The van der Waals surface area contributed by atoms with Gasteiger partial charge in [0.15, 0.2) is 5.13 Å². The van der Waals surface area contributed by atoms with Gasteiger partial charge in [-0.3, -0.25) is 4.79 Å². The van der Waals surface area contributed by atoms with E-state index in [1.165, 1.54) is 12.1 Å². The maximum absolute atomic E-state index is 12.8. The first-order chi connectivity index (χ1) is 13.6. The molecule has 0 saturated heterocycles. The van der Waals surface area contributed by atoms with Crippen LogP contribution in [0.3, 0.4) is 0 Å². The smallest absolute Gasteiger partial charge is 0.350 e. The molecule has 1 amide bonds. The van der Waals surface area contributed by atoms with Crippen molar-refractivity contribution in [1.82, 2.24) is 9.71 Å². The maximum atomic E-state index is 12.8. The van der Waals surface area contributed by atoms with Crippen molar-refractivity contribution in [3.05, 3.63) is 40.9 Å². The van der Waals surface area contributed by atoms with Gasteiger partial charge in [-0.2, -0.15) is 4.72 Å². The molecule has 0 bridgehead atoms. The van der Waals surface area contributed by atoms with E-state index in [0.29, 0.717) is 17.0 Å². The molecule has 158 valence electrons. The summed E-state index contributed by atoms with van der Waals surface area (Å²) in [5.41, 5.74) is 0.439. The average Bonchev–Trinajstić information content (AvgIpc) is 3.01. The Morgan fingerprint density at radius 2 is 1.86 bits per heavy atom. The lowest BCUT2D eigenvalue weighted by Crippen LogP contribution is -2.44. The molecule has 1 unspecified atom stereocenters. The summed E-state index contributed by atoms with van der Waals surface area (Å²) in [6.45, 7) is 7.36. The molecule has 8 nitrogen and oxygen atoms in total. The Balaban J connectivity index is 2.19. The van der Waals surface area contributed by atoms with E-state index in [-0.39, 0.29) is 22.6 Å². The fourth-order valence-electron chi connectivity index (χ4n) is 2.56. The van der Waals surface area contributed by atoms with E-state index in [2.05, 4.69) is 15.0 Å². The molecule has 0 spiro atoms. The molecule has 2 N–H and O–H groups in total. The number of benzene rings is 1. The first-order valence-corrected chi connectivity index (χ1v) is 11.5. The molecule has 0 aliphatic heterocycles. The highest BCUT2D eigenvalue weighted by Gasteiger charge is 2.28. The van der Waals surface area contributed by atoms with Crippen LogP contribution in [0.25, 0.3) is 0 Å². The summed E-state index contributed by atoms with van der Waals surface area (Å²) in [5.74, 6) is -0.980. The van der Waals surface area contributed by atoms with Gasteiger partial charge in [-0.05, 0) is 38.3 Å². The lowest BCUT2D eigenvalue weighted by atomic mass is 10.0. The van der Waals surface area contributed by atoms with Gasteiger partial charge in [0, 0.05) is 0 Å². The first kappa shape index (κ1) is 23.0. The number of hydrogen-bond donors (Lipinski definition) is 2. The summed E-state index contributed by atoms with van der Waals surface area (Å²) >= 11 is 0.992. The minimum absolute atomic E-state index is 0.0670. The molecule has 1 aromatic carbocycles. The van der Waals surface area contributed by atoms with E-state index >= 15 is 0 Å². The van der Waals surface area contributed by atoms with Gasteiger partial charge in [0.25, 0.3) is 0 Å². The minimum Gasteiger partial charge on any atom is -0.462 e. The van der Waals surface area contributed by atoms with E-state index in [1.807, 2.05) is 13.8 Å². The normalized spacial score (nSPS) is 12.6. The van der Waals surface area contributed by atoms with Gasteiger partial charge >= 0.3 is 5.97 Å². The number of nitrogens with one attached hydrogen (secondary N) is 2. The van der Waals surface area contributed by atoms with Gasteiger partial charge in [-0.25, -0.2) is 18.2 Å². The molecule has 0 aliphatic rings. The van der Waals surface area contributed by atoms with Crippen LogP contribution in [-0.4, -0.2) is 37.9 Å². The third-order valence-electron chi connectivity index (χ3n) is 3.86. The van der Waals surface area contributed by atoms with E-state index in [1.54, 1.807) is 32.0 Å². The number of aryl methyl sites for hydroxylation is 1. The van der Waals surface area contributed by atoms with Crippen molar-refractivity contribution in [2.45, 2.75) is 45.1 Å². The Labute approximate surface area is 174 Å². The molecule has 1 aromatic heterocycles. The second kappa shape index (κ2) is 9.95. The Kier molecular flexibility index (Phi) is 7.88. The fraction of sp³-hybridized carbons (Fsp3) is 0.421. The summed E-state index contributed by atoms with van der Waals surface area (Å²) in [6, 6.07) is 6.87. The van der Waals surface area contributed by atoms with Crippen molar-refractivity contribution in [2.24, 2.45) is 5.92 Å². The second-order valence-electron chi connectivity index (χ2n) is 6.76. The molecular formula is C19H25N3O5S2. The number of carbonyl (C=O) groups is 2. The van der Waals surface area contributed by atoms with Crippen LogP contribution in [0, 0.1) is 12.8 Å². The lowest BCUT2D eigenvalue weighted by molar-refractivity contribution is -0.118. The van der Waals surface area contributed by atoms with Crippen LogP contribution >= 0.6 is 11.3 Å². The zero-order valence-corrected chi connectivity index (χ0v) is 18.4. The quantitative estimate of drug-likeness (QED) is 0.581. The number of thiazole rings is 1. The number of carbonyl (C=O) groups excluding carboxylic acids is 2. The van der Waals surface area contributed by atoms with Crippen LogP contribution in [0.5, 0.6) is 0 Å². The molecule has 0 radical (unpaired) electrons. The van der Waals surface area contributed by atoms with Gasteiger partial charge in [0.05, 0.1) is 17.2 Å². The molecule has 0 aliphatic carbocycles. The van der Waals surface area contributed by atoms with E-state index in [9.17, 15) is 18.0 Å². The predicted octanol–water partition coefficient (Wildman–Crippen LogP) is 2.96. The van der Waals surface area contributed by atoms with Gasteiger partial charge in [-0.15, -0.1) is 0 Å². The number of sulfonamides is 1. The zero-order valence-electron chi connectivity index (χ0n) is 16.8. The summed E-state index contributed by atoms with van der Waals surface area (Å²) in [5, 5.41) is 2.82. The molecule has 2 rings (SSSR count). The van der Waals surface area contributed by atoms with Crippen molar-refractivity contribution >= 4 is 38.4 Å². The van der Waals surface area contributed by atoms with Crippen LogP contribution in [0.4, 0.5) is 5.13 Å². The summed E-state index contributed by atoms with van der Waals surface area (Å²) in [7, 11) is -3.87. The number of ether oxygens (including phenoxy) is 1. The predicted molar refractivity (Wildman–Crippen MR) is 111 cm³/mol. The highest BCUT2D eigenvalue weighted by molar-refractivity contribution is 7.89. The third-order valence-corrected chi connectivity index (χ3v) is 6.40. The highest BCUT2D eigenvalue weighted by atomic mass is 32.2. The van der Waals surface area contributed by atoms with Gasteiger partial charge < -0.3 is 10.1 Å². The fourth-order valence-corrected chi connectivity index (χ4v) is 4.66. The molecule has 1 atom stereocenters. The third kappa shape index (κ3) is 6.34. The van der Waals surface area contributed by atoms with Gasteiger partial charge in [0.2, 0.25) is 15.9 Å². The largest absolute Gasteiger partial charge is 0.462 e. The summed E-state index contributed by atoms with van der Waals surface area (Å²) in [6.07, 6.45) is 0.299. The number of hydrogen-bond acceptors (Lipinski definition) is 7. The average molecular weight is 440 g/mol. The maximum Gasteiger partial charge on any atom is 0.350 e. The summed E-state index contributed by atoms with van der Waals surface area (Å²) < 4.78 is 32.7. The summed E-state index contributed by atoms with van der Waals surface area (Å²) in [4.78, 5) is 29.3. The topological polar surface area (TPSA) is 114 Å². The molecule has 0 saturated carbocycles. The van der Waals surface area contributed by atoms with Crippen LogP contribution < -0.4 is 10.0 Å². The molecule has 1 heterocycles. The Morgan fingerprint density at radius 3 is 2.45 bits per heavy atom. The molecule has 29 heavy (non-hydrogen) atoms. The zero-order chi connectivity index (χ0) is 21.6. The van der Waals surface area contributed by atoms with Crippen molar-refractivity contribution in [3.8, 4) is 0 Å². The van der Waals surface area contributed by atoms with Crippen LogP contribution in [-0.2, 0) is 19.6 Å². The number of amides is 1. The monoisotopic (exact) mass is 439 g/mol. The number of anilines is 1.